The van der Waals surface area contributed by atoms with Gasteiger partial charge >= 0.3 is 0 Å². The first-order valence-corrected chi connectivity index (χ1v) is 6.69. The molecule has 98 valence electrons. The fraction of sp³-hybridized carbons (Fsp3) is 0.294. The lowest BCUT2D eigenvalue weighted by molar-refractivity contribution is 0.0606. The Labute approximate surface area is 112 Å². The summed E-state index contributed by atoms with van der Waals surface area (Å²) < 4.78 is 13.5. The topological polar surface area (TPSA) is 20.2 Å². The number of halogens is 1. The Hall–Kier alpha value is -1.67. The fourth-order valence-electron chi connectivity index (χ4n) is 3.13. The van der Waals surface area contributed by atoms with E-state index in [9.17, 15) is 9.50 Å². The minimum atomic E-state index is -1.05. The number of rotatable bonds is 1. The van der Waals surface area contributed by atoms with E-state index in [1.165, 1.54) is 17.7 Å². The third-order valence-corrected chi connectivity index (χ3v) is 4.09. The molecule has 0 aromatic heterocycles. The number of hydrogen-bond donors (Lipinski definition) is 1. The third kappa shape index (κ3) is 1.96. The number of aryl methyl sites for hydroxylation is 2. The number of hydrogen-bond acceptors (Lipinski definition) is 1. The lowest BCUT2D eigenvalue weighted by Crippen LogP contribution is -2.32. The van der Waals surface area contributed by atoms with Crippen LogP contribution in [0.25, 0.3) is 0 Å². The lowest BCUT2D eigenvalue weighted by Gasteiger charge is -2.36. The molecule has 1 aliphatic rings. The molecule has 1 aliphatic carbocycles. The van der Waals surface area contributed by atoms with Crippen LogP contribution in [0.15, 0.2) is 42.5 Å². The van der Waals surface area contributed by atoms with Gasteiger partial charge in [-0.1, -0.05) is 30.3 Å². The Morgan fingerprint density at radius 3 is 2.74 bits per heavy atom. The van der Waals surface area contributed by atoms with Crippen molar-refractivity contribution >= 4 is 0 Å². The van der Waals surface area contributed by atoms with E-state index >= 15 is 0 Å². The van der Waals surface area contributed by atoms with E-state index in [1.807, 2.05) is 31.2 Å². The first-order chi connectivity index (χ1) is 9.11. The molecule has 1 unspecified atom stereocenters. The molecule has 3 rings (SSSR count). The van der Waals surface area contributed by atoms with E-state index in [-0.39, 0.29) is 5.82 Å². The molecule has 2 aromatic rings. The van der Waals surface area contributed by atoms with Crippen molar-refractivity contribution in [3.63, 3.8) is 0 Å². The molecule has 1 N–H and O–H groups in total. The summed E-state index contributed by atoms with van der Waals surface area (Å²) in [5.74, 6) is -0.294. The monoisotopic (exact) mass is 256 g/mol. The molecule has 0 saturated heterocycles. The highest BCUT2D eigenvalue weighted by molar-refractivity contribution is 5.45. The summed E-state index contributed by atoms with van der Waals surface area (Å²) in [7, 11) is 0. The van der Waals surface area contributed by atoms with Gasteiger partial charge in [-0.05, 0) is 60.6 Å². The predicted octanol–water partition coefficient (Wildman–Crippen LogP) is 3.71. The van der Waals surface area contributed by atoms with Crippen LogP contribution in [0.3, 0.4) is 0 Å². The van der Waals surface area contributed by atoms with Crippen molar-refractivity contribution in [2.75, 3.05) is 0 Å². The van der Waals surface area contributed by atoms with Crippen molar-refractivity contribution < 1.29 is 9.50 Å². The van der Waals surface area contributed by atoms with Crippen molar-refractivity contribution in [2.45, 2.75) is 31.8 Å². The van der Waals surface area contributed by atoms with Gasteiger partial charge in [0.15, 0.2) is 0 Å². The van der Waals surface area contributed by atoms with Crippen LogP contribution >= 0.6 is 0 Å². The summed E-state index contributed by atoms with van der Waals surface area (Å²) in [5.41, 5.74) is 2.66. The third-order valence-electron chi connectivity index (χ3n) is 4.09. The van der Waals surface area contributed by atoms with Crippen molar-refractivity contribution in [1.82, 2.24) is 0 Å². The zero-order valence-corrected chi connectivity index (χ0v) is 11.0. The molecule has 0 bridgehead atoms. The van der Waals surface area contributed by atoms with Gasteiger partial charge in [0.25, 0.3) is 0 Å². The highest BCUT2D eigenvalue weighted by atomic mass is 19.1. The van der Waals surface area contributed by atoms with Gasteiger partial charge in [0, 0.05) is 0 Å². The molecular formula is C17H17FO. The van der Waals surface area contributed by atoms with E-state index in [1.54, 1.807) is 6.07 Å². The molecule has 0 heterocycles. The van der Waals surface area contributed by atoms with Crippen LogP contribution in [0, 0.1) is 12.7 Å². The summed E-state index contributed by atoms with van der Waals surface area (Å²) in [5, 5.41) is 11.1. The highest BCUT2D eigenvalue weighted by Crippen LogP contribution is 2.41. The van der Waals surface area contributed by atoms with Crippen LogP contribution in [0.5, 0.6) is 0 Å². The maximum atomic E-state index is 13.5. The maximum absolute atomic E-state index is 13.5. The molecule has 0 spiro atoms. The van der Waals surface area contributed by atoms with E-state index in [4.69, 9.17) is 0 Å². The van der Waals surface area contributed by atoms with Gasteiger partial charge in [-0.15, -0.1) is 0 Å². The van der Waals surface area contributed by atoms with Crippen molar-refractivity contribution in [2.24, 2.45) is 0 Å². The smallest absolute Gasteiger partial charge is 0.123 e. The predicted molar refractivity (Wildman–Crippen MR) is 73.5 cm³/mol. The Morgan fingerprint density at radius 2 is 1.89 bits per heavy atom. The second-order valence-electron chi connectivity index (χ2n) is 5.33. The molecule has 2 heteroatoms. The zero-order valence-electron chi connectivity index (χ0n) is 11.0. The molecule has 2 aromatic carbocycles. The Balaban J connectivity index is 2.21. The van der Waals surface area contributed by atoms with E-state index in [2.05, 4.69) is 0 Å². The zero-order chi connectivity index (χ0) is 13.5. The Morgan fingerprint density at radius 1 is 1.11 bits per heavy atom. The van der Waals surface area contributed by atoms with Gasteiger partial charge in [-0.25, -0.2) is 4.39 Å². The number of aliphatic hydroxyl groups is 1. The average molecular weight is 256 g/mol. The van der Waals surface area contributed by atoms with E-state index in [0.29, 0.717) is 12.0 Å². The lowest BCUT2D eigenvalue weighted by atomic mass is 9.74. The van der Waals surface area contributed by atoms with Gasteiger partial charge in [0.1, 0.15) is 11.4 Å². The van der Waals surface area contributed by atoms with Gasteiger partial charge in [-0.3, -0.25) is 0 Å². The Bertz CT molecular complexity index is 620. The molecule has 0 amide bonds. The minimum Gasteiger partial charge on any atom is -0.380 e. The van der Waals surface area contributed by atoms with Crippen LogP contribution < -0.4 is 0 Å². The molecular weight excluding hydrogens is 239 g/mol. The first kappa shape index (κ1) is 12.4. The van der Waals surface area contributed by atoms with Gasteiger partial charge < -0.3 is 5.11 Å². The second-order valence-corrected chi connectivity index (χ2v) is 5.33. The minimum absolute atomic E-state index is 0.294. The quantitative estimate of drug-likeness (QED) is 0.824. The molecule has 0 fully saturated rings. The second kappa shape index (κ2) is 4.46. The summed E-state index contributed by atoms with van der Waals surface area (Å²) in [6, 6.07) is 12.6. The van der Waals surface area contributed by atoms with Crippen molar-refractivity contribution in [1.29, 1.82) is 0 Å². The first-order valence-electron chi connectivity index (χ1n) is 6.69. The van der Waals surface area contributed by atoms with Crippen LogP contribution in [-0.4, -0.2) is 5.11 Å². The molecule has 19 heavy (non-hydrogen) atoms. The summed E-state index contributed by atoms with van der Waals surface area (Å²) in [6.07, 6.45) is 2.55. The van der Waals surface area contributed by atoms with Crippen LogP contribution in [0.1, 0.15) is 35.1 Å². The van der Waals surface area contributed by atoms with Crippen LogP contribution in [0.2, 0.25) is 0 Å². The summed E-state index contributed by atoms with van der Waals surface area (Å²) >= 11 is 0. The van der Waals surface area contributed by atoms with Crippen molar-refractivity contribution in [3.05, 3.63) is 70.5 Å². The van der Waals surface area contributed by atoms with Crippen LogP contribution in [-0.2, 0) is 12.0 Å². The summed E-state index contributed by atoms with van der Waals surface area (Å²) in [4.78, 5) is 0. The van der Waals surface area contributed by atoms with E-state index in [0.717, 1.165) is 24.0 Å². The SMILES string of the molecule is Cc1ccc(F)cc1C1(O)CCCc2ccccc21. The number of benzene rings is 2. The molecule has 0 saturated carbocycles. The molecule has 1 nitrogen and oxygen atoms in total. The molecule has 0 radical (unpaired) electrons. The standard InChI is InChI=1S/C17H17FO/c1-12-8-9-14(18)11-16(12)17(19)10-4-6-13-5-2-3-7-15(13)17/h2-3,5,7-9,11,19H,4,6,10H2,1H3. The van der Waals surface area contributed by atoms with Crippen molar-refractivity contribution in [3.8, 4) is 0 Å². The van der Waals surface area contributed by atoms with Gasteiger partial charge in [0.05, 0.1) is 0 Å². The normalized spacial score (nSPS) is 22.1. The largest absolute Gasteiger partial charge is 0.380 e. The number of fused-ring (bicyclic) bond motifs is 1. The van der Waals surface area contributed by atoms with Crippen LogP contribution in [0.4, 0.5) is 4.39 Å². The van der Waals surface area contributed by atoms with Gasteiger partial charge in [-0.2, -0.15) is 0 Å². The highest BCUT2D eigenvalue weighted by Gasteiger charge is 2.37. The molecule has 0 aliphatic heterocycles. The van der Waals surface area contributed by atoms with Gasteiger partial charge in [0.2, 0.25) is 0 Å². The molecule has 1 atom stereocenters. The maximum Gasteiger partial charge on any atom is 0.123 e. The Kier molecular flexibility index (Phi) is 2.90. The fourth-order valence-corrected chi connectivity index (χ4v) is 3.13. The van der Waals surface area contributed by atoms with E-state index < -0.39 is 5.60 Å². The average Bonchev–Trinajstić information content (AvgIpc) is 2.42. The summed E-state index contributed by atoms with van der Waals surface area (Å²) in [6.45, 7) is 1.92.